The Morgan fingerprint density at radius 2 is 1.85 bits per heavy atom. The molecule has 0 atom stereocenters. The van der Waals surface area contributed by atoms with Crippen LogP contribution in [-0.4, -0.2) is 36.5 Å². The highest BCUT2D eigenvalue weighted by Gasteiger charge is 2.29. The van der Waals surface area contributed by atoms with E-state index in [1.165, 1.54) is 11.1 Å². The van der Waals surface area contributed by atoms with Crippen LogP contribution in [-0.2, 0) is 11.2 Å². The molecule has 1 aliphatic heterocycles. The van der Waals surface area contributed by atoms with Crippen molar-refractivity contribution in [2.24, 2.45) is 0 Å². The van der Waals surface area contributed by atoms with Gasteiger partial charge >= 0.3 is 0 Å². The second kappa shape index (κ2) is 6.40. The Hall–Kier alpha value is -1.35. The third kappa shape index (κ3) is 3.83. The van der Waals surface area contributed by atoms with Gasteiger partial charge in [0.25, 0.3) is 0 Å². The molecule has 0 aliphatic carbocycles. The number of amides is 1. The molecule has 0 bridgehead atoms. The zero-order chi connectivity index (χ0) is 14.6. The molecule has 1 N–H and O–H groups in total. The van der Waals surface area contributed by atoms with Gasteiger partial charge in [-0.15, -0.1) is 0 Å². The fraction of sp³-hybridized carbons (Fsp3) is 0.588. The van der Waals surface area contributed by atoms with E-state index in [2.05, 4.69) is 43.4 Å². The summed E-state index contributed by atoms with van der Waals surface area (Å²) >= 11 is 0. The van der Waals surface area contributed by atoms with Crippen molar-refractivity contribution in [3.05, 3.63) is 35.4 Å². The predicted octanol–water partition coefficient (Wildman–Crippen LogP) is 2.53. The quantitative estimate of drug-likeness (QED) is 0.915. The summed E-state index contributed by atoms with van der Waals surface area (Å²) in [7, 11) is 2.01. The zero-order valence-electron chi connectivity index (χ0n) is 12.9. The lowest BCUT2D eigenvalue weighted by molar-refractivity contribution is -0.132. The van der Waals surface area contributed by atoms with Crippen molar-refractivity contribution >= 4 is 5.91 Å². The molecule has 0 saturated carbocycles. The van der Waals surface area contributed by atoms with E-state index in [1.807, 2.05) is 11.9 Å². The molecule has 0 spiro atoms. The van der Waals surface area contributed by atoms with Crippen molar-refractivity contribution in [1.82, 2.24) is 10.2 Å². The highest BCUT2D eigenvalue weighted by Crippen LogP contribution is 2.21. The van der Waals surface area contributed by atoms with Crippen molar-refractivity contribution in [2.75, 3.05) is 20.1 Å². The molecule has 1 amide bonds. The van der Waals surface area contributed by atoms with Gasteiger partial charge in [0.05, 0.1) is 0 Å². The lowest BCUT2D eigenvalue weighted by atomic mass is 9.89. The normalized spacial score (nSPS) is 18.1. The van der Waals surface area contributed by atoms with E-state index in [9.17, 15) is 4.79 Å². The second-order valence-corrected chi connectivity index (χ2v) is 6.18. The summed E-state index contributed by atoms with van der Waals surface area (Å²) in [6.07, 6.45) is 3.55. The van der Waals surface area contributed by atoms with Crippen molar-refractivity contribution < 1.29 is 4.79 Å². The summed E-state index contributed by atoms with van der Waals surface area (Å²) in [5.41, 5.74) is 2.72. The Morgan fingerprint density at radius 1 is 1.25 bits per heavy atom. The fourth-order valence-electron chi connectivity index (χ4n) is 2.66. The van der Waals surface area contributed by atoms with Gasteiger partial charge in [-0.1, -0.05) is 29.8 Å². The molecule has 1 heterocycles. The van der Waals surface area contributed by atoms with Gasteiger partial charge in [-0.25, -0.2) is 0 Å². The highest BCUT2D eigenvalue weighted by molar-refractivity contribution is 5.76. The molecule has 3 heteroatoms. The van der Waals surface area contributed by atoms with Gasteiger partial charge in [-0.3, -0.25) is 4.79 Å². The predicted molar refractivity (Wildman–Crippen MR) is 82.8 cm³/mol. The van der Waals surface area contributed by atoms with Crippen molar-refractivity contribution in [3.63, 3.8) is 0 Å². The molecule has 3 nitrogen and oxygen atoms in total. The molecule has 1 saturated heterocycles. The Labute approximate surface area is 122 Å². The number of carbonyl (C=O) groups is 1. The molecule has 20 heavy (non-hydrogen) atoms. The Balaban J connectivity index is 1.80. The van der Waals surface area contributed by atoms with Gasteiger partial charge in [0.1, 0.15) is 0 Å². The van der Waals surface area contributed by atoms with Crippen LogP contribution in [0.3, 0.4) is 0 Å². The summed E-state index contributed by atoms with van der Waals surface area (Å²) in [6.45, 7) is 6.08. The number of piperidine rings is 1. The van der Waals surface area contributed by atoms with Crippen molar-refractivity contribution in [1.29, 1.82) is 0 Å². The van der Waals surface area contributed by atoms with Gasteiger partial charge in [0.2, 0.25) is 5.91 Å². The third-order valence-electron chi connectivity index (χ3n) is 4.57. The molecular weight excluding hydrogens is 248 g/mol. The first-order chi connectivity index (χ1) is 9.52. The first-order valence-corrected chi connectivity index (χ1v) is 7.55. The minimum absolute atomic E-state index is 0.202. The number of nitrogens with one attached hydrogen (secondary N) is 1. The standard InChI is InChI=1S/C17H26N2O/c1-14-4-6-15(7-5-14)8-9-16(20)19-12-10-17(2,18-3)11-13-19/h4-7,18H,8-13H2,1-3H3. The monoisotopic (exact) mass is 274 g/mol. The van der Waals surface area contributed by atoms with Crippen molar-refractivity contribution in [2.45, 2.75) is 45.1 Å². The Kier molecular flexibility index (Phi) is 4.81. The van der Waals surface area contributed by atoms with E-state index >= 15 is 0 Å². The lowest BCUT2D eigenvalue weighted by Gasteiger charge is -2.39. The van der Waals surface area contributed by atoms with Crippen LogP contribution in [0.4, 0.5) is 0 Å². The van der Waals surface area contributed by atoms with E-state index in [4.69, 9.17) is 0 Å². The summed E-state index contributed by atoms with van der Waals surface area (Å²) in [5.74, 6) is 0.295. The number of carbonyl (C=O) groups excluding carboxylic acids is 1. The average molecular weight is 274 g/mol. The molecular formula is C17H26N2O. The molecule has 110 valence electrons. The maximum absolute atomic E-state index is 12.2. The topological polar surface area (TPSA) is 32.3 Å². The Morgan fingerprint density at radius 3 is 2.40 bits per heavy atom. The van der Waals surface area contributed by atoms with Gasteiger partial charge in [0.15, 0.2) is 0 Å². The number of hydrogen-bond donors (Lipinski definition) is 1. The van der Waals surface area contributed by atoms with E-state index < -0.39 is 0 Å². The smallest absolute Gasteiger partial charge is 0.222 e. The average Bonchev–Trinajstić information content (AvgIpc) is 2.47. The number of nitrogens with zero attached hydrogens (tertiary/aromatic N) is 1. The molecule has 0 radical (unpaired) electrons. The highest BCUT2D eigenvalue weighted by atomic mass is 16.2. The number of likely N-dealkylation sites (tertiary alicyclic amines) is 1. The molecule has 0 aromatic heterocycles. The minimum Gasteiger partial charge on any atom is -0.343 e. The number of rotatable bonds is 4. The molecule has 1 aromatic rings. The van der Waals surface area contributed by atoms with E-state index in [-0.39, 0.29) is 5.54 Å². The van der Waals surface area contributed by atoms with E-state index in [0.29, 0.717) is 12.3 Å². The maximum atomic E-state index is 12.2. The number of aryl methyl sites for hydroxylation is 2. The molecule has 1 aromatic carbocycles. The summed E-state index contributed by atoms with van der Waals surface area (Å²) in [6, 6.07) is 8.46. The lowest BCUT2D eigenvalue weighted by Crippen LogP contribution is -2.51. The largest absolute Gasteiger partial charge is 0.343 e. The van der Waals surface area contributed by atoms with Crippen LogP contribution < -0.4 is 5.32 Å². The van der Waals surface area contributed by atoms with Crippen molar-refractivity contribution in [3.8, 4) is 0 Å². The van der Waals surface area contributed by atoms with Gasteiger partial charge < -0.3 is 10.2 Å². The third-order valence-corrected chi connectivity index (χ3v) is 4.57. The second-order valence-electron chi connectivity index (χ2n) is 6.18. The van der Waals surface area contributed by atoms with E-state index in [0.717, 1.165) is 32.4 Å². The summed E-state index contributed by atoms with van der Waals surface area (Å²) in [5, 5.41) is 3.36. The van der Waals surface area contributed by atoms with Crippen LogP contribution in [0, 0.1) is 6.92 Å². The first kappa shape index (κ1) is 15.0. The van der Waals surface area contributed by atoms with Gasteiger partial charge in [-0.05, 0) is 45.7 Å². The summed E-state index contributed by atoms with van der Waals surface area (Å²) in [4.78, 5) is 14.3. The van der Waals surface area contributed by atoms with Gasteiger partial charge in [0, 0.05) is 25.0 Å². The Bertz CT molecular complexity index is 445. The molecule has 0 unspecified atom stereocenters. The molecule has 2 rings (SSSR count). The van der Waals surface area contributed by atoms with Crippen LogP contribution in [0.1, 0.15) is 37.3 Å². The molecule has 1 aliphatic rings. The minimum atomic E-state index is 0.202. The summed E-state index contributed by atoms with van der Waals surface area (Å²) < 4.78 is 0. The molecule has 1 fully saturated rings. The first-order valence-electron chi connectivity index (χ1n) is 7.55. The van der Waals surface area contributed by atoms with Crippen LogP contribution in [0.2, 0.25) is 0 Å². The number of benzene rings is 1. The SMILES string of the molecule is CNC1(C)CCN(C(=O)CCc2ccc(C)cc2)CC1. The van der Waals surface area contributed by atoms with Crippen LogP contribution in [0.25, 0.3) is 0 Å². The number of hydrogen-bond acceptors (Lipinski definition) is 2. The fourth-order valence-corrected chi connectivity index (χ4v) is 2.66. The van der Waals surface area contributed by atoms with Crippen LogP contribution in [0.15, 0.2) is 24.3 Å². The van der Waals surface area contributed by atoms with Crippen LogP contribution >= 0.6 is 0 Å². The van der Waals surface area contributed by atoms with Gasteiger partial charge in [-0.2, -0.15) is 0 Å². The zero-order valence-corrected chi connectivity index (χ0v) is 12.9. The van der Waals surface area contributed by atoms with Crippen LogP contribution in [0.5, 0.6) is 0 Å². The maximum Gasteiger partial charge on any atom is 0.222 e. The van der Waals surface area contributed by atoms with E-state index in [1.54, 1.807) is 0 Å².